The van der Waals surface area contributed by atoms with Crippen molar-refractivity contribution in [2.24, 2.45) is 0 Å². The van der Waals surface area contributed by atoms with Gasteiger partial charge in [-0.25, -0.2) is 0 Å². The summed E-state index contributed by atoms with van der Waals surface area (Å²) in [5.74, 6) is 0.123. The van der Waals surface area contributed by atoms with Gasteiger partial charge in [0.1, 0.15) is 0 Å². The number of nitrogens with zero attached hydrogens (tertiary/aromatic N) is 1. The number of rotatable bonds is 2. The first kappa shape index (κ1) is 13.1. The van der Waals surface area contributed by atoms with Crippen LogP contribution in [0.1, 0.15) is 25.8 Å². The van der Waals surface area contributed by atoms with Crippen LogP contribution < -0.4 is 0 Å². The standard InChI is InChI=1S/C14H16ClNO2/c1-14(2)8-12(17)9-16(14)13(18)7-10-3-5-11(15)6-4-10/h3-6H,7-9H2,1-2H3. The molecule has 0 aliphatic carbocycles. The number of Topliss-reactive ketones (excluding diaryl/α,β-unsaturated/α-hetero) is 1. The van der Waals surface area contributed by atoms with Crippen LogP contribution in [0.25, 0.3) is 0 Å². The van der Waals surface area contributed by atoms with E-state index in [1.807, 2.05) is 26.0 Å². The Hall–Kier alpha value is -1.35. The van der Waals surface area contributed by atoms with E-state index in [4.69, 9.17) is 11.6 Å². The van der Waals surface area contributed by atoms with Gasteiger partial charge in [0.05, 0.1) is 13.0 Å². The van der Waals surface area contributed by atoms with Crippen molar-refractivity contribution in [3.8, 4) is 0 Å². The van der Waals surface area contributed by atoms with Crippen molar-refractivity contribution in [1.29, 1.82) is 0 Å². The lowest BCUT2D eigenvalue weighted by atomic mass is 10.0. The van der Waals surface area contributed by atoms with Gasteiger partial charge in [-0.05, 0) is 31.5 Å². The molecule has 1 fully saturated rings. The van der Waals surface area contributed by atoms with Crippen LogP contribution in [-0.2, 0) is 16.0 Å². The quantitative estimate of drug-likeness (QED) is 0.824. The van der Waals surface area contributed by atoms with Gasteiger partial charge in [0.15, 0.2) is 5.78 Å². The Morgan fingerprint density at radius 3 is 2.44 bits per heavy atom. The highest BCUT2D eigenvalue weighted by Crippen LogP contribution is 2.26. The predicted octanol–water partition coefficient (Wildman–Crippen LogP) is 2.46. The molecule has 1 aromatic rings. The summed E-state index contributed by atoms with van der Waals surface area (Å²) in [5, 5.41) is 0.655. The highest BCUT2D eigenvalue weighted by atomic mass is 35.5. The fourth-order valence-electron chi connectivity index (χ4n) is 2.32. The number of amides is 1. The Labute approximate surface area is 112 Å². The number of likely N-dealkylation sites (tertiary alicyclic amines) is 1. The largest absolute Gasteiger partial charge is 0.330 e. The number of carbonyl (C=O) groups is 2. The Morgan fingerprint density at radius 2 is 1.94 bits per heavy atom. The van der Waals surface area contributed by atoms with Gasteiger partial charge in [0.25, 0.3) is 0 Å². The molecule has 0 aromatic heterocycles. The van der Waals surface area contributed by atoms with Gasteiger partial charge in [-0.2, -0.15) is 0 Å². The number of hydrogen-bond donors (Lipinski definition) is 0. The lowest BCUT2D eigenvalue weighted by molar-refractivity contribution is -0.134. The third-order valence-corrected chi connectivity index (χ3v) is 3.52. The summed E-state index contributed by atoms with van der Waals surface area (Å²) in [6, 6.07) is 7.21. The van der Waals surface area contributed by atoms with Crippen molar-refractivity contribution >= 4 is 23.3 Å². The normalized spacial score (nSPS) is 18.2. The molecule has 0 unspecified atom stereocenters. The van der Waals surface area contributed by atoms with E-state index in [0.717, 1.165) is 5.56 Å². The molecule has 4 heteroatoms. The van der Waals surface area contributed by atoms with Crippen LogP contribution >= 0.6 is 11.6 Å². The Kier molecular flexibility index (Phi) is 3.44. The maximum atomic E-state index is 12.2. The minimum Gasteiger partial charge on any atom is -0.330 e. The minimum absolute atomic E-state index is 0.00632. The van der Waals surface area contributed by atoms with Crippen LogP contribution in [-0.4, -0.2) is 28.7 Å². The third-order valence-electron chi connectivity index (χ3n) is 3.26. The van der Waals surface area contributed by atoms with E-state index < -0.39 is 0 Å². The van der Waals surface area contributed by atoms with Crippen LogP contribution in [0.15, 0.2) is 24.3 Å². The molecule has 0 bridgehead atoms. The number of ketones is 1. The van der Waals surface area contributed by atoms with Gasteiger partial charge in [-0.1, -0.05) is 23.7 Å². The molecule has 1 aliphatic rings. The molecule has 18 heavy (non-hydrogen) atoms. The van der Waals surface area contributed by atoms with E-state index in [0.29, 0.717) is 17.9 Å². The second-order valence-electron chi connectivity index (χ2n) is 5.31. The molecule has 1 heterocycles. The minimum atomic E-state index is -0.361. The molecule has 96 valence electrons. The Balaban J connectivity index is 2.08. The summed E-state index contributed by atoms with van der Waals surface area (Å²) < 4.78 is 0. The molecule has 0 saturated carbocycles. The van der Waals surface area contributed by atoms with Crippen molar-refractivity contribution in [3.63, 3.8) is 0 Å². The zero-order valence-corrected chi connectivity index (χ0v) is 11.3. The summed E-state index contributed by atoms with van der Waals surface area (Å²) >= 11 is 5.80. The smallest absolute Gasteiger partial charge is 0.227 e. The van der Waals surface area contributed by atoms with E-state index in [2.05, 4.69) is 0 Å². The number of benzene rings is 1. The number of hydrogen-bond acceptors (Lipinski definition) is 2. The summed E-state index contributed by atoms with van der Waals surface area (Å²) in [6.07, 6.45) is 0.757. The van der Waals surface area contributed by atoms with Crippen molar-refractivity contribution in [2.75, 3.05) is 6.54 Å². The van der Waals surface area contributed by atoms with E-state index in [1.165, 1.54) is 0 Å². The van der Waals surface area contributed by atoms with E-state index in [1.54, 1.807) is 17.0 Å². The fourth-order valence-corrected chi connectivity index (χ4v) is 2.45. The SMILES string of the molecule is CC1(C)CC(=O)CN1C(=O)Cc1ccc(Cl)cc1. The van der Waals surface area contributed by atoms with Crippen LogP contribution in [0.2, 0.25) is 5.02 Å². The Morgan fingerprint density at radius 1 is 1.33 bits per heavy atom. The third kappa shape index (κ3) is 2.72. The van der Waals surface area contributed by atoms with Crippen molar-refractivity contribution < 1.29 is 9.59 Å². The lowest BCUT2D eigenvalue weighted by Gasteiger charge is -2.30. The van der Waals surface area contributed by atoms with Crippen LogP contribution in [0, 0.1) is 0 Å². The Bertz CT molecular complexity index is 479. The molecule has 2 rings (SSSR count). The maximum Gasteiger partial charge on any atom is 0.227 e. The maximum absolute atomic E-state index is 12.2. The highest BCUT2D eigenvalue weighted by Gasteiger charge is 2.39. The second-order valence-corrected chi connectivity index (χ2v) is 5.75. The predicted molar refractivity (Wildman–Crippen MR) is 70.6 cm³/mol. The van der Waals surface area contributed by atoms with Crippen LogP contribution in [0.5, 0.6) is 0 Å². The molecule has 1 aliphatic heterocycles. The molecule has 0 N–H and O–H groups in total. The summed E-state index contributed by atoms with van der Waals surface area (Å²) in [4.78, 5) is 25.3. The number of carbonyl (C=O) groups excluding carboxylic acids is 2. The molecule has 0 atom stereocenters. The van der Waals surface area contributed by atoms with E-state index in [9.17, 15) is 9.59 Å². The van der Waals surface area contributed by atoms with Gasteiger partial charge in [-0.3, -0.25) is 9.59 Å². The molecule has 1 aromatic carbocycles. The van der Waals surface area contributed by atoms with Crippen LogP contribution in [0.4, 0.5) is 0 Å². The fraction of sp³-hybridized carbons (Fsp3) is 0.429. The van der Waals surface area contributed by atoms with Crippen molar-refractivity contribution in [2.45, 2.75) is 32.2 Å². The molecule has 0 spiro atoms. The first-order valence-electron chi connectivity index (χ1n) is 5.95. The van der Waals surface area contributed by atoms with Crippen molar-refractivity contribution in [3.05, 3.63) is 34.9 Å². The van der Waals surface area contributed by atoms with Gasteiger partial charge in [-0.15, -0.1) is 0 Å². The summed E-state index contributed by atoms with van der Waals surface area (Å²) in [7, 11) is 0. The zero-order valence-electron chi connectivity index (χ0n) is 10.6. The number of halogens is 1. The topological polar surface area (TPSA) is 37.4 Å². The molecule has 1 saturated heterocycles. The molecule has 1 amide bonds. The molecule has 0 radical (unpaired) electrons. The van der Waals surface area contributed by atoms with Gasteiger partial charge in [0, 0.05) is 17.0 Å². The lowest BCUT2D eigenvalue weighted by Crippen LogP contribution is -2.43. The van der Waals surface area contributed by atoms with Crippen LogP contribution in [0.3, 0.4) is 0 Å². The van der Waals surface area contributed by atoms with Crippen molar-refractivity contribution in [1.82, 2.24) is 4.90 Å². The average Bonchev–Trinajstić information content (AvgIpc) is 2.55. The molecular weight excluding hydrogens is 250 g/mol. The average molecular weight is 266 g/mol. The highest BCUT2D eigenvalue weighted by molar-refractivity contribution is 6.30. The van der Waals surface area contributed by atoms with Gasteiger partial charge < -0.3 is 4.90 Å². The first-order chi connectivity index (χ1) is 8.38. The molecule has 3 nitrogen and oxygen atoms in total. The second kappa shape index (κ2) is 4.73. The van der Waals surface area contributed by atoms with E-state index >= 15 is 0 Å². The van der Waals surface area contributed by atoms with Gasteiger partial charge in [0.2, 0.25) is 5.91 Å². The first-order valence-corrected chi connectivity index (χ1v) is 6.33. The monoisotopic (exact) mass is 265 g/mol. The molecular formula is C14H16ClNO2. The zero-order chi connectivity index (χ0) is 13.3. The summed E-state index contributed by atoms with van der Waals surface area (Å²) in [6.45, 7) is 4.09. The van der Waals surface area contributed by atoms with E-state index in [-0.39, 0.29) is 23.8 Å². The van der Waals surface area contributed by atoms with Gasteiger partial charge >= 0.3 is 0 Å². The summed E-state index contributed by atoms with van der Waals surface area (Å²) in [5.41, 5.74) is 0.556.